The number of rotatable bonds is 6. The molecule has 0 radical (unpaired) electrons. The number of nitrogens with two attached hydrogens (primary N) is 1. The Morgan fingerprint density at radius 3 is 1.94 bits per heavy atom. The van der Waals surface area contributed by atoms with Crippen LogP contribution in [0, 0.1) is 0 Å². The van der Waals surface area contributed by atoms with E-state index in [9.17, 15) is 4.79 Å². The first-order chi connectivity index (χ1) is 17.1. The van der Waals surface area contributed by atoms with Crippen LogP contribution >= 0.6 is 11.6 Å². The Morgan fingerprint density at radius 2 is 1.37 bits per heavy atom. The van der Waals surface area contributed by atoms with Gasteiger partial charge in [-0.1, -0.05) is 84.4 Å². The van der Waals surface area contributed by atoms with Crippen LogP contribution in [0.4, 0.5) is 5.82 Å². The van der Waals surface area contributed by atoms with Gasteiger partial charge in [-0.25, -0.2) is 4.68 Å². The van der Waals surface area contributed by atoms with Gasteiger partial charge >= 0.3 is 0 Å². The highest BCUT2D eigenvalue weighted by Gasteiger charge is 2.18. The van der Waals surface area contributed by atoms with Crippen molar-refractivity contribution in [1.29, 1.82) is 0 Å². The van der Waals surface area contributed by atoms with Crippen molar-refractivity contribution in [2.45, 2.75) is 6.04 Å². The van der Waals surface area contributed by atoms with Crippen molar-refractivity contribution in [3.8, 4) is 16.9 Å². The molecular formula is C29H23ClN4O. The topological polar surface area (TPSA) is 72.9 Å². The maximum Gasteiger partial charge on any atom is 0.252 e. The fraction of sp³-hybridized carbons (Fsp3) is 0.0345. The second-order valence-electron chi connectivity index (χ2n) is 8.15. The van der Waals surface area contributed by atoms with Crippen molar-refractivity contribution >= 4 is 23.3 Å². The summed E-state index contributed by atoms with van der Waals surface area (Å²) in [6.07, 6.45) is 0. The zero-order valence-electron chi connectivity index (χ0n) is 18.8. The smallest absolute Gasteiger partial charge is 0.252 e. The molecule has 6 heteroatoms. The van der Waals surface area contributed by atoms with Crippen molar-refractivity contribution < 1.29 is 4.79 Å². The first-order valence-electron chi connectivity index (χ1n) is 11.2. The zero-order valence-corrected chi connectivity index (χ0v) is 19.6. The SMILES string of the molecule is Nc1cc(-c2ccc(Cl)cc2)nn1-c1ccc(C(=O)NC(c2ccccc2)c2ccccc2)cc1. The first kappa shape index (κ1) is 22.4. The molecule has 0 aliphatic carbocycles. The van der Waals surface area contributed by atoms with Crippen LogP contribution in [-0.2, 0) is 0 Å². The summed E-state index contributed by atoms with van der Waals surface area (Å²) in [6.45, 7) is 0. The van der Waals surface area contributed by atoms with Gasteiger partial charge in [0.05, 0.1) is 17.4 Å². The summed E-state index contributed by atoms with van der Waals surface area (Å²) in [4.78, 5) is 13.2. The molecule has 0 bridgehead atoms. The Bertz CT molecular complexity index is 1390. The Morgan fingerprint density at radius 1 is 0.800 bits per heavy atom. The van der Waals surface area contributed by atoms with Gasteiger partial charge in [0.1, 0.15) is 5.82 Å². The maximum absolute atomic E-state index is 13.2. The van der Waals surface area contributed by atoms with E-state index in [1.807, 2.05) is 103 Å². The molecule has 5 nitrogen and oxygen atoms in total. The van der Waals surface area contributed by atoms with E-state index in [-0.39, 0.29) is 11.9 Å². The summed E-state index contributed by atoms with van der Waals surface area (Å²) < 4.78 is 1.66. The molecule has 0 fully saturated rings. The molecule has 0 saturated heterocycles. The Hall–Kier alpha value is -4.35. The summed E-state index contributed by atoms with van der Waals surface area (Å²) in [6, 6.07) is 36.1. The number of nitrogens with zero attached hydrogens (tertiary/aromatic N) is 2. The highest BCUT2D eigenvalue weighted by molar-refractivity contribution is 6.30. The lowest BCUT2D eigenvalue weighted by Crippen LogP contribution is -2.29. The van der Waals surface area contributed by atoms with Crippen LogP contribution in [0.25, 0.3) is 16.9 Å². The molecule has 0 aliphatic rings. The normalized spacial score (nSPS) is 10.9. The predicted molar refractivity (Wildman–Crippen MR) is 141 cm³/mol. The lowest BCUT2D eigenvalue weighted by Gasteiger charge is -2.20. The van der Waals surface area contributed by atoms with Gasteiger partial charge in [0, 0.05) is 22.2 Å². The number of amides is 1. The van der Waals surface area contributed by atoms with Gasteiger partial charge in [-0.05, 0) is 47.5 Å². The van der Waals surface area contributed by atoms with E-state index < -0.39 is 0 Å². The molecule has 1 heterocycles. The molecular weight excluding hydrogens is 456 g/mol. The average Bonchev–Trinajstić information content (AvgIpc) is 3.30. The second kappa shape index (κ2) is 9.87. The van der Waals surface area contributed by atoms with Gasteiger partial charge in [0.2, 0.25) is 0 Å². The number of hydrogen-bond acceptors (Lipinski definition) is 3. The van der Waals surface area contributed by atoms with E-state index in [4.69, 9.17) is 17.3 Å². The summed E-state index contributed by atoms with van der Waals surface area (Å²) >= 11 is 5.99. The van der Waals surface area contributed by atoms with E-state index >= 15 is 0 Å². The largest absolute Gasteiger partial charge is 0.384 e. The third-order valence-electron chi connectivity index (χ3n) is 5.79. The average molecular weight is 479 g/mol. The predicted octanol–water partition coefficient (Wildman–Crippen LogP) is 6.29. The monoisotopic (exact) mass is 478 g/mol. The lowest BCUT2D eigenvalue weighted by atomic mass is 9.98. The van der Waals surface area contributed by atoms with Crippen molar-refractivity contribution in [3.63, 3.8) is 0 Å². The van der Waals surface area contributed by atoms with Crippen molar-refractivity contribution in [2.24, 2.45) is 0 Å². The molecule has 4 aromatic carbocycles. The summed E-state index contributed by atoms with van der Waals surface area (Å²) in [5.74, 6) is 0.338. The van der Waals surface area contributed by atoms with Crippen LogP contribution in [0.15, 0.2) is 115 Å². The molecule has 172 valence electrons. The molecule has 0 saturated carbocycles. The minimum Gasteiger partial charge on any atom is -0.384 e. The first-order valence-corrected chi connectivity index (χ1v) is 11.6. The summed E-state index contributed by atoms with van der Waals surface area (Å²) in [5.41, 5.74) is 11.2. The molecule has 1 aromatic heterocycles. The van der Waals surface area contributed by atoms with Crippen LogP contribution < -0.4 is 11.1 Å². The maximum atomic E-state index is 13.2. The number of carbonyl (C=O) groups excluding carboxylic acids is 1. The molecule has 5 aromatic rings. The van der Waals surface area contributed by atoms with E-state index in [2.05, 4.69) is 10.4 Å². The fourth-order valence-electron chi connectivity index (χ4n) is 3.98. The third kappa shape index (κ3) is 4.95. The van der Waals surface area contributed by atoms with Gasteiger partial charge in [0.25, 0.3) is 5.91 Å². The number of carbonyl (C=O) groups is 1. The highest BCUT2D eigenvalue weighted by Crippen LogP contribution is 2.25. The molecule has 35 heavy (non-hydrogen) atoms. The molecule has 1 amide bonds. The minimum absolute atomic E-state index is 0.162. The molecule has 0 spiro atoms. The van der Waals surface area contributed by atoms with Crippen LogP contribution in [0.3, 0.4) is 0 Å². The fourth-order valence-corrected chi connectivity index (χ4v) is 4.11. The summed E-state index contributed by atoms with van der Waals surface area (Å²) in [7, 11) is 0. The van der Waals surface area contributed by atoms with E-state index in [0.717, 1.165) is 28.1 Å². The molecule has 0 unspecified atom stereocenters. The molecule has 0 atom stereocenters. The quantitative estimate of drug-likeness (QED) is 0.301. The van der Waals surface area contributed by atoms with Gasteiger partial charge in [-0.3, -0.25) is 4.79 Å². The lowest BCUT2D eigenvalue weighted by molar-refractivity contribution is 0.0943. The molecule has 3 N–H and O–H groups in total. The Labute approximate surface area is 208 Å². The van der Waals surface area contributed by atoms with E-state index in [0.29, 0.717) is 16.4 Å². The third-order valence-corrected chi connectivity index (χ3v) is 6.04. The number of hydrogen-bond donors (Lipinski definition) is 2. The molecule has 0 aliphatic heterocycles. The number of nitrogen functional groups attached to an aromatic ring is 1. The van der Waals surface area contributed by atoms with Crippen molar-refractivity contribution in [1.82, 2.24) is 15.1 Å². The van der Waals surface area contributed by atoms with Crippen molar-refractivity contribution in [3.05, 3.63) is 137 Å². The van der Waals surface area contributed by atoms with Crippen molar-refractivity contribution in [2.75, 3.05) is 5.73 Å². The number of aromatic nitrogens is 2. The Kier molecular flexibility index (Phi) is 6.33. The van der Waals surface area contributed by atoms with Gasteiger partial charge in [0.15, 0.2) is 0 Å². The number of benzene rings is 4. The van der Waals surface area contributed by atoms with Gasteiger partial charge in [-0.15, -0.1) is 0 Å². The molecule has 5 rings (SSSR count). The van der Waals surface area contributed by atoms with Crippen LogP contribution in [0.1, 0.15) is 27.5 Å². The summed E-state index contributed by atoms with van der Waals surface area (Å²) in [5, 5.41) is 8.46. The van der Waals surface area contributed by atoms with E-state index in [1.165, 1.54) is 0 Å². The van der Waals surface area contributed by atoms with Crippen LogP contribution in [0.2, 0.25) is 5.02 Å². The van der Waals surface area contributed by atoms with Gasteiger partial charge < -0.3 is 11.1 Å². The zero-order chi connectivity index (χ0) is 24.2. The number of nitrogens with one attached hydrogen (secondary N) is 1. The standard InChI is InChI=1S/C29H23ClN4O/c30-24-15-11-20(12-16-24)26-19-27(31)34(33-26)25-17-13-23(14-18-25)29(35)32-28(21-7-3-1-4-8-21)22-9-5-2-6-10-22/h1-19,28H,31H2,(H,32,35). The highest BCUT2D eigenvalue weighted by atomic mass is 35.5. The van der Waals surface area contributed by atoms with Crippen LogP contribution in [-0.4, -0.2) is 15.7 Å². The number of anilines is 1. The van der Waals surface area contributed by atoms with Crippen LogP contribution in [0.5, 0.6) is 0 Å². The number of halogens is 1. The van der Waals surface area contributed by atoms with Gasteiger partial charge in [-0.2, -0.15) is 5.10 Å². The Balaban J connectivity index is 1.37. The second-order valence-corrected chi connectivity index (χ2v) is 8.58. The van der Waals surface area contributed by atoms with E-state index in [1.54, 1.807) is 16.8 Å². The minimum atomic E-state index is -0.256.